The van der Waals surface area contributed by atoms with Crippen LogP contribution in [0.2, 0.25) is 0 Å². The standard InChI is InChI=1S/C17H27N/c1-13-7-4-5-10-17(13)12-15(3)18-14(2)11-16-8-6-9-16/h4-5,7,10,14-16,18H,6,8-9,11-12H2,1-3H3. The van der Waals surface area contributed by atoms with Gasteiger partial charge in [0.15, 0.2) is 0 Å². The molecule has 1 aliphatic rings. The molecule has 0 heterocycles. The van der Waals surface area contributed by atoms with Crippen LogP contribution in [-0.2, 0) is 6.42 Å². The lowest BCUT2D eigenvalue weighted by Gasteiger charge is -2.30. The van der Waals surface area contributed by atoms with Crippen molar-refractivity contribution in [3.8, 4) is 0 Å². The highest BCUT2D eigenvalue weighted by Gasteiger charge is 2.20. The lowest BCUT2D eigenvalue weighted by molar-refractivity contribution is 0.259. The molecule has 0 aliphatic heterocycles. The van der Waals surface area contributed by atoms with E-state index in [9.17, 15) is 0 Å². The summed E-state index contributed by atoms with van der Waals surface area (Å²) in [4.78, 5) is 0. The van der Waals surface area contributed by atoms with E-state index in [2.05, 4.69) is 50.4 Å². The molecule has 1 aromatic rings. The van der Waals surface area contributed by atoms with Crippen molar-refractivity contribution < 1.29 is 0 Å². The van der Waals surface area contributed by atoms with Crippen molar-refractivity contribution in [2.75, 3.05) is 0 Å². The molecule has 1 aromatic carbocycles. The lowest BCUT2D eigenvalue weighted by atomic mass is 9.81. The lowest BCUT2D eigenvalue weighted by Crippen LogP contribution is -2.38. The normalized spacial score (nSPS) is 19.3. The van der Waals surface area contributed by atoms with E-state index in [-0.39, 0.29) is 0 Å². The molecule has 1 fully saturated rings. The van der Waals surface area contributed by atoms with Crippen LogP contribution in [0.3, 0.4) is 0 Å². The highest BCUT2D eigenvalue weighted by molar-refractivity contribution is 5.26. The minimum Gasteiger partial charge on any atom is -0.311 e. The Balaban J connectivity index is 1.77. The summed E-state index contributed by atoms with van der Waals surface area (Å²) in [6, 6.07) is 9.96. The van der Waals surface area contributed by atoms with Gasteiger partial charge in [-0.25, -0.2) is 0 Å². The van der Waals surface area contributed by atoms with Crippen molar-refractivity contribution in [1.82, 2.24) is 5.32 Å². The van der Waals surface area contributed by atoms with Crippen LogP contribution in [0, 0.1) is 12.8 Å². The Morgan fingerprint density at radius 2 is 1.89 bits per heavy atom. The van der Waals surface area contributed by atoms with Crippen molar-refractivity contribution in [3.63, 3.8) is 0 Å². The predicted molar refractivity (Wildman–Crippen MR) is 78.9 cm³/mol. The van der Waals surface area contributed by atoms with Gasteiger partial charge in [-0.05, 0) is 50.7 Å². The molecule has 100 valence electrons. The first kappa shape index (κ1) is 13.6. The summed E-state index contributed by atoms with van der Waals surface area (Å²) in [5.74, 6) is 0.998. The zero-order valence-electron chi connectivity index (χ0n) is 12.1. The monoisotopic (exact) mass is 245 g/mol. The summed E-state index contributed by atoms with van der Waals surface area (Å²) in [5.41, 5.74) is 2.89. The molecule has 1 nitrogen and oxygen atoms in total. The molecule has 1 heteroatoms. The van der Waals surface area contributed by atoms with E-state index in [0.29, 0.717) is 12.1 Å². The topological polar surface area (TPSA) is 12.0 Å². The first-order valence-corrected chi connectivity index (χ1v) is 7.45. The first-order chi connectivity index (χ1) is 8.65. The summed E-state index contributed by atoms with van der Waals surface area (Å²) in [6.45, 7) is 6.86. The number of rotatable bonds is 6. The third kappa shape index (κ3) is 3.84. The zero-order chi connectivity index (χ0) is 13.0. The van der Waals surface area contributed by atoms with Crippen LogP contribution in [0.4, 0.5) is 0 Å². The molecule has 1 saturated carbocycles. The number of nitrogens with one attached hydrogen (secondary N) is 1. The zero-order valence-corrected chi connectivity index (χ0v) is 12.1. The van der Waals surface area contributed by atoms with Crippen LogP contribution in [0.5, 0.6) is 0 Å². The molecule has 1 N–H and O–H groups in total. The first-order valence-electron chi connectivity index (χ1n) is 7.45. The van der Waals surface area contributed by atoms with Gasteiger partial charge >= 0.3 is 0 Å². The quantitative estimate of drug-likeness (QED) is 0.796. The molecule has 2 unspecified atom stereocenters. The fraction of sp³-hybridized carbons (Fsp3) is 0.647. The van der Waals surface area contributed by atoms with Crippen molar-refractivity contribution in [2.45, 2.75) is 65.0 Å². The van der Waals surface area contributed by atoms with Crippen LogP contribution in [0.1, 0.15) is 50.7 Å². The summed E-state index contributed by atoms with van der Waals surface area (Å²) in [5, 5.41) is 3.75. The van der Waals surface area contributed by atoms with Crippen molar-refractivity contribution >= 4 is 0 Å². The summed E-state index contributed by atoms with van der Waals surface area (Å²) in [6.07, 6.45) is 6.87. The Morgan fingerprint density at radius 1 is 1.17 bits per heavy atom. The van der Waals surface area contributed by atoms with E-state index in [1.165, 1.54) is 36.8 Å². The molecule has 0 saturated heterocycles. The minimum absolute atomic E-state index is 0.571. The number of hydrogen-bond acceptors (Lipinski definition) is 1. The molecule has 0 bridgehead atoms. The highest BCUT2D eigenvalue weighted by Crippen LogP contribution is 2.30. The molecular formula is C17H27N. The smallest absolute Gasteiger partial charge is 0.00817 e. The van der Waals surface area contributed by atoms with Crippen LogP contribution in [0.15, 0.2) is 24.3 Å². The van der Waals surface area contributed by atoms with Gasteiger partial charge in [-0.2, -0.15) is 0 Å². The van der Waals surface area contributed by atoms with Gasteiger partial charge in [0.25, 0.3) is 0 Å². The Bertz CT molecular complexity index is 368. The molecule has 0 radical (unpaired) electrons. The highest BCUT2D eigenvalue weighted by atomic mass is 14.9. The van der Waals surface area contributed by atoms with E-state index in [4.69, 9.17) is 0 Å². The fourth-order valence-corrected chi connectivity index (χ4v) is 3.01. The van der Waals surface area contributed by atoms with Crippen LogP contribution < -0.4 is 5.32 Å². The molecule has 0 amide bonds. The maximum Gasteiger partial charge on any atom is 0.00817 e. The second-order valence-corrected chi connectivity index (χ2v) is 6.13. The van der Waals surface area contributed by atoms with Gasteiger partial charge in [-0.15, -0.1) is 0 Å². The van der Waals surface area contributed by atoms with Gasteiger partial charge in [0.05, 0.1) is 0 Å². The Kier molecular flexibility index (Phi) is 4.82. The molecule has 0 aromatic heterocycles. The largest absolute Gasteiger partial charge is 0.311 e. The Labute approximate surface area is 112 Å². The van der Waals surface area contributed by atoms with Crippen LogP contribution in [-0.4, -0.2) is 12.1 Å². The summed E-state index contributed by atoms with van der Waals surface area (Å²) < 4.78 is 0. The molecule has 18 heavy (non-hydrogen) atoms. The van der Waals surface area contributed by atoms with Gasteiger partial charge in [0, 0.05) is 12.1 Å². The Morgan fingerprint density at radius 3 is 2.50 bits per heavy atom. The van der Waals surface area contributed by atoms with Gasteiger partial charge in [-0.3, -0.25) is 0 Å². The maximum atomic E-state index is 3.75. The van der Waals surface area contributed by atoms with Crippen molar-refractivity contribution in [1.29, 1.82) is 0 Å². The molecule has 0 spiro atoms. The second-order valence-electron chi connectivity index (χ2n) is 6.13. The predicted octanol–water partition coefficient (Wildman–Crippen LogP) is 4.09. The second kappa shape index (κ2) is 6.38. The van der Waals surface area contributed by atoms with E-state index in [1.807, 2.05) is 0 Å². The van der Waals surface area contributed by atoms with Crippen LogP contribution in [0.25, 0.3) is 0 Å². The fourth-order valence-electron chi connectivity index (χ4n) is 3.01. The van der Waals surface area contributed by atoms with Gasteiger partial charge in [-0.1, -0.05) is 43.5 Å². The van der Waals surface area contributed by atoms with E-state index < -0.39 is 0 Å². The minimum atomic E-state index is 0.571. The molecule has 1 aliphatic carbocycles. The average Bonchev–Trinajstić information content (AvgIpc) is 2.27. The SMILES string of the molecule is Cc1ccccc1CC(C)NC(C)CC1CCC1. The molecule has 2 rings (SSSR count). The van der Waals surface area contributed by atoms with E-state index in [1.54, 1.807) is 0 Å². The average molecular weight is 245 g/mol. The van der Waals surface area contributed by atoms with Gasteiger partial charge in [0.2, 0.25) is 0 Å². The van der Waals surface area contributed by atoms with Crippen molar-refractivity contribution in [3.05, 3.63) is 35.4 Å². The third-order valence-electron chi connectivity index (χ3n) is 4.27. The maximum absolute atomic E-state index is 3.75. The third-order valence-corrected chi connectivity index (χ3v) is 4.27. The Hall–Kier alpha value is -0.820. The van der Waals surface area contributed by atoms with Crippen LogP contribution >= 0.6 is 0 Å². The molecular weight excluding hydrogens is 218 g/mol. The molecule has 2 atom stereocenters. The number of hydrogen-bond donors (Lipinski definition) is 1. The van der Waals surface area contributed by atoms with E-state index in [0.717, 1.165) is 12.3 Å². The van der Waals surface area contributed by atoms with E-state index >= 15 is 0 Å². The van der Waals surface area contributed by atoms with Gasteiger partial charge < -0.3 is 5.32 Å². The number of benzene rings is 1. The summed E-state index contributed by atoms with van der Waals surface area (Å²) in [7, 11) is 0. The number of aryl methyl sites for hydroxylation is 1. The van der Waals surface area contributed by atoms with Gasteiger partial charge in [0.1, 0.15) is 0 Å². The van der Waals surface area contributed by atoms with Crippen molar-refractivity contribution in [2.24, 2.45) is 5.92 Å². The summed E-state index contributed by atoms with van der Waals surface area (Å²) >= 11 is 0.